The zero-order valence-corrected chi connectivity index (χ0v) is 14.8. The van der Waals surface area contributed by atoms with Gasteiger partial charge in [0.25, 0.3) is 5.89 Å². The van der Waals surface area contributed by atoms with E-state index < -0.39 is 11.9 Å². The summed E-state index contributed by atoms with van der Waals surface area (Å²) in [6, 6.07) is 6.81. The van der Waals surface area contributed by atoms with Gasteiger partial charge in [-0.2, -0.15) is 4.98 Å². The van der Waals surface area contributed by atoms with E-state index in [0.29, 0.717) is 36.8 Å². The summed E-state index contributed by atoms with van der Waals surface area (Å²) >= 11 is 0. The molecule has 1 aromatic carbocycles. The van der Waals surface area contributed by atoms with Crippen molar-refractivity contribution < 1.29 is 19.2 Å². The van der Waals surface area contributed by atoms with Crippen LogP contribution in [0.15, 0.2) is 28.8 Å². The molecule has 0 spiro atoms. The summed E-state index contributed by atoms with van der Waals surface area (Å²) in [5.74, 6) is -0.0793. The topological polar surface area (TPSA) is 109 Å². The standard InChI is InChI=1S/C18H22N4O4/c1-11(2)15-20-16(26-21-15)12-5-7-14(8-6-12)19-18(25)22-9-3-4-13(10-22)17(23)24/h5-8,11,13H,3-4,9-10H2,1-2H3,(H,19,25)(H,23,24). The second-order valence-corrected chi connectivity index (χ2v) is 6.74. The van der Waals surface area contributed by atoms with Crippen molar-refractivity contribution in [2.75, 3.05) is 18.4 Å². The number of amides is 2. The van der Waals surface area contributed by atoms with Crippen molar-refractivity contribution in [1.29, 1.82) is 0 Å². The average Bonchev–Trinajstić information content (AvgIpc) is 3.13. The molecule has 1 aliphatic rings. The van der Waals surface area contributed by atoms with Gasteiger partial charge in [-0.15, -0.1) is 0 Å². The molecule has 0 saturated carbocycles. The summed E-state index contributed by atoms with van der Waals surface area (Å²) in [5.41, 5.74) is 1.39. The second-order valence-electron chi connectivity index (χ2n) is 6.74. The minimum Gasteiger partial charge on any atom is -0.481 e. The summed E-state index contributed by atoms with van der Waals surface area (Å²) < 4.78 is 5.25. The van der Waals surface area contributed by atoms with Crippen LogP contribution >= 0.6 is 0 Å². The Morgan fingerprint density at radius 3 is 2.65 bits per heavy atom. The van der Waals surface area contributed by atoms with E-state index in [2.05, 4.69) is 15.5 Å². The van der Waals surface area contributed by atoms with Crippen molar-refractivity contribution in [3.63, 3.8) is 0 Å². The van der Waals surface area contributed by atoms with Gasteiger partial charge >= 0.3 is 12.0 Å². The molecule has 1 unspecified atom stereocenters. The number of nitrogens with one attached hydrogen (secondary N) is 1. The first kappa shape index (κ1) is 17.9. The molecular formula is C18H22N4O4. The van der Waals surface area contributed by atoms with Gasteiger partial charge in [-0.05, 0) is 37.1 Å². The van der Waals surface area contributed by atoms with E-state index in [1.165, 1.54) is 0 Å². The van der Waals surface area contributed by atoms with Crippen LogP contribution in [0.4, 0.5) is 10.5 Å². The van der Waals surface area contributed by atoms with E-state index in [1.54, 1.807) is 29.2 Å². The molecule has 2 N–H and O–H groups in total. The van der Waals surface area contributed by atoms with Crippen LogP contribution < -0.4 is 5.32 Å². The van der Waals surface area contributed by atoms with Crippen molar-refractivity contribution in [2.24, 2.45) is 5.92 Å². The maximum atomic E-state index is 12.3. The fraction of sp³-hybridized carbons (Fsp3) is 0.444. The first-order valence-corrected chi connectivity index (χ1v) is 8.67. The van der Waals surface area contributed by atoms with Gasteiger partial charge < -0.3 is 19.8 Å². The maximum Gasteiger partial charge on any atom is 0.321 e. The molecule has 1 aromatic heterocycles. The van der Waals surface area contributed by atoms with Crippen molar-refractivity contribution >= 4 is 17.7 Å². The Balaban J connectivity index is 1.63. The summed E-state index contributed by atoms with van der Waals surface area (Å²) in [6.07, 6.45) is 1.30. The number of rotatable bonds is 4. The number of carboxylic acids is 1. The van der Waals surface area contributed by atoms with Crippen molar-refractivity contribution in [3.05, 3.63) is 30.1 Å². The monoisotopic (exact) mass is 358 g/mol. The lowest BCUT2D eigenvalue weighted by molar-refractivity contribution is -0.143. The molecule has 1 aliphatic heterocycles. The van der Waals surface area contributed by atoms with Crippen LogP contribution in [0.5, 0.6) is 0 Å². The lowest BCUT2D eigenvalue weighted by Crippen LogP contribution is -2.44. The second kappa shape index (κ2) is 7.55. The number of carboxylic acid groups (broad SMARTS) is 1. The van der Waals surface area contributed by atoms with Gasteiger partial charge in [0.1, 0.15) is 0 Å². The number of anilines is 1. The number of hydrogen-bond donors (Lipinski definition) is 2. The predicted octanol–water partition coefficient (Wildman–Crippen LogP) is 3.19. The average molecular weight is 358 g/mol. The third-order valence-electron chi connectivity index (χ3n) is 4.40. The molecule has 1 fully saturated rings. The van der Waals surface area contributed by atoms with Crippen molar-refractivity contribution in [1.82, 2.24) is 15.0 Å². The quantitative estimate of drug-likeness (QED) is 0.869. The summed E-state index contributed by atoms with van der Waals surface area (Å²) in [7, 11) is 0. The van der Waals surface area contributed by atoms with Gasteiger partial charge in [0.05, 0.1) is 5.92 Å². The van der Waals surface area contributed by atoms with Crippen LogP contribution in [0.3, 0.4) is 0 Å². The molecule has 8 nitrogen and oxygen atoms in total. The Labute approximate surface area is 151 Å². The number of aromatic nitrogens is 2. The zero-order valence-electron chi connectivity index (χ0n) is 14.8. The van der Waals surface area contributed by atoms with Gasteiger partial charge in [0.15, 0.2) is 5.82 Å². The highest BCUT2D eigenvalue weighted by Crippen LogP contribution is 2.23. The van der Waals surface area contributed by atoms with Crippen LogP contribution in [-0.2, 0) is 4.79 Å². The lowest BCUT2D eigenvalue weighted by Gasteiger charge is -2.30. The van der Waals surface area contributed by atoms with Crippen LogP contribution in [0.1, 0.15) is 38.4 Å². The molecule has 138 valence electrons. The van der Waals surface area contributed by atoms with Gasteiger partial charge in [-0.25, -0.2) is 4.79 Å². The van der Waals surface area contributed by atoms with Crippen LogP contribution in [-0.4, -0.2) is 45.2 Å². The summed E-state index contributed by atoms with van der Waals surface area (Å²) in [5, 5.41) is 15.9. The maximum absolute atomic E-state index is 12.3. The van der Waals surface area contributed by atoms with Gasteiger partial charge in [0.2, 0.25) is 0 Å². The number of carbonyl (C=O) groups excluding carboxylic acids is 1. The molecule has 26 heavy (non-hydrogen) atoms. The fourth-order valence-electron chi connectivity index (χ4n) is 2.85. The molecule has 2 heterocycles. The third-order valence-corrected chi connectivity index (χ3v) is 4.40. The first-order valence-electron chi connectivity index (χ1n) is 8.67. The number of carbonyl (C=O) groups is 2. The highest BCUT2D eigenvalue weighted by atomic mass is 16.5. The fourth-order valence-corrected chi connectivity index (χ4v) is 2.85. The van der Waals surface area contributed by atoms with E-state index in [1.807, 2.05) is 13.8 Å². The first-order chi connectivity index (χ1) is 12.4. The molecular weight excluding hydrogens is 336 g/mol. The molecule has 1 atom stereocenters. The third kappa shape index (κ3) is 4.01. The van der Waals surface area contributed by atoms with Crippen molar-refractivity contribution in [2.45, 2.75) is 32.6 Å². The van der Waals surface area contributed by atoms with Gasteiger partial charge in [0, 0.05) is 30.3 Å². The Kier molecular flexibility index (Phi) is 5.20. The molecule has 8 heteroatoms. The SMILES string of the molecule is CC(C)c1noc(-c2ccc(NC(=O)N3CCCC(C(=O)O)C3)cc2)n1. The number of urea groups is 1. The minimum atomic E-state index is -0.854. The van der Waals surface area contributed by atoms with E-state index >= 15 is 0 Å². The minimum absolute atomic E-state index is 0.185. The highest BCUT2D eigenvalue weighted by molar-refractivity contribution is 5.90. The largest absolute Gasteiger partial charge is 0.481 e. The van der Waals surface area contributed by atoms with E-state index in [4.69, 9.17) is 9.63 Å². The van der Waals surface area contributed by atoms with Gasteiger partial charge in [-0.3, -0.25) is 4.79 Å². The Morgan fingerprint density at radius 1 is 1.31 bits per heavy atom. The molecule has 0 radical (unpaired) electrons. The number of aliphatic carboxylic acids is 1. The molecule has 0 bridgehead atoms. The number of likely N-dealkylation sites (tertiary alicyclic amines) is 1. The smallest absolute Gasteiger partial charge is 0.321 e. The lowest BCUT2D eigenvalue weighted by atomic mass is 9.99. The van der Waals surface area contributed by atoms with Crippen LogP contribution in [0.2, 0.25) is 0 Å². The molecule has 0 aliphatic carbocycles. The number of hydrogen-bond acceptors (Lipinski definition) is 5. The summed E-state index contributed by atoms with van der Waals surface area (Å²) in [4.78, 5) is 29.4. The van der Waals surface area contributed by atoms with Crippen LogP contribution in [0.25, 0.3) is 11.5 Å². The van der Waals surface area contributed by atoms with Crippen LogP contribution in [0, 0.1) is 5.92 Å². The highest BCUT2D eigenvalue weighted by Gasteiger charge is 2.28. The number of piperidine rings is 1. The molecule has 1 saturated heterocycles. The molecule has 3 rings (SSSR count). The Hall–Kier alpha value is -2.90. The zero-order chi connectivity index (χ0) is 18.7. The Bertz CT molecular complexity index is 785. The number of benzene rings is 1. The van der Waals surface area contributed by atoms with Crippen molar-refractivity contribution in [3.8, 4) is 11.5 Å². The molecule has 2 amide bonds. The van der Waals surface area contributed by atoms with E-state index in [0.717, 1.165) is 5.56 Å². The van der Waals surface area contributed by atoms with E-state index in [-0.39, 0.29) is 18.5 Å². The predicted molar refractivity (Wildman–Crippen MR) is 94.8 cm³/mol. The van der Waals surface area contributed by atoms with E-state index in [9.17, 15) is 9.59 Å². The molecule has 2 aromatic rings. The Morgan fingerprint density at radius 2 is 2.04 bits per heavy atom. The normalized spacial score (nSPS) is 17.3. The number of nitrogens with zero attached hydrogens (tertiary/aromatic N) is 3. The summed E-state index contributed by atoms with van der Waals surface area (Å²) in [6.45, 7) is 4.78. The van der Waals surface area contributed by atoms with Gasteiger partial charge in [-0.1, -0.05) is 19.0 Å².